The van der Waals surface area contributed by atoms with Gasteiger partial charge >= 0.3 is 0 Å². The Balaban J connectivity index is 1.16. The lowest BCUT2D eigenvalue weighted by Gasteiger charge is -2.55. The lowest BCUT2D eigenvalue weighted by Crippen LogP contribution is -2.51. The number of likely N-dealkylation sites (N-methyl/N-ethyl adjacent to an activating group) is 1. The Morgan fingerprint density at radius 3 is 2.66 bits per heavy atom. The van der Waals surface area contributed by atoms with Gasteiger partial charge in [-0.2, -0.15) is 0 Å². The standard InChI is InChI=1S/C60H82N4O7/c1-6-8-9-10-28-69-55(67)33-44-38-58(39-61-3)37-43(44)15-14-29-70-56-50-34-47(35-53(56)71-58)60-26-12-17-46(60)32-42-21-19-40(7-2)30-48(42)49(60)22-24-54(66)59(36-41-20-23-51(65)52(31-41)68-5)25-11-16-45(59)18-13-27-63-57(62-4)64-50/h20,22-24,31,34-35,40,42-46,48-49,55,61,65,67H,6-12,15-19,21,25-26,28,30,32-33,36-39H2,1-5H3,(H2,62,63,64). The van der Waals surface area contributed by atoms with E-state index in [4.69, 9.17) is 18.9 Å². The Kier molecular flexibility index (Phi) is 16.3. The molecule has 11 heteroatoms. The number of methoxy groups -OCH3 is 1. The number of aliphatic hydroxyl groups is 1. The van der Waals surface area contributed by atoms with E-state index in [0.717, 1.165) is 81.9 Å². The Morgan fingerprint density at radius 1 is 0.986 bits per heavy atom. The number of carbonyl (C=O) groups excluding carboxylic acids is 1. The van der Waals surface area contributed by atoms with Crippen LogP contribution >= 0.6 is 0 Å². The first-order valence-electron chi connectivity index (χ1n) is 27.6. The Bertz CT molecular complexity index is 2400. The van der Waals surface area contributed by atoms with Crippen LogP contribution in [-0.2, 0) is 21.4 Å². The molecule has 7 aliphatic rings. The second kappa shape index (κ2) is 22.6. The number of fused-ring (bicyclic) bond motifs is 9. The van der Waals surface area contributed by atoms with Crippen molar-refractivity contribution in [2.24, 2.45) is 57.8 Å². The summed E-state index contributed by atoms with van der Waals surface area (Å²) in [5.41, 5.74) is 1.40. The topological polar surface area (TPSA) is 143 Å². The van der Waals surface area contributed by atoms with Crippen LogP contribution in [0.5, 0.6) is 23.0 Å². The maximum atomic E-state index is 15.6. The number of benzene rings is 2. The summed E-state index contributed by atoms with van der Waals surface area (Å²) in [6.45, 7) is 5.74. The maximum Gasteiger partial charge on any atom is 0.207 e. The summed E-state index contributed by atoms with van der Waals surface area (Å²) in [4.78, 5) is 20.3. The number of guanidine groups is 1. The number of nitrogens with zero attached hydrogens (tertiary/aromatic N) is 1. The van der Waals surface area contributed by atoms with Crippen LogP contribution in [0.1, 0.15) is 153 Å². The minimum atomic E-state index is -0.843. The van der Waals surface area contributed by atoms with Gasteiger partial charge in [0.1, 0.15) is 11.7 Å². The summed E-state index contributed by atoms with van der Waals surface area (Å²) in [5, 5.41) is 32.3. The third-order valence-electron chi connectivity index (χ3n) is 18.8. The van der Waals surface area contributed by atoms with E-state index in [2.05, 4.69) is 77.0 Å². The number of aliphatic imine (C=N–C) groups is 1. The molecule has 2 heterocycles. The molecule has 5 fully saturated rings. The first-order chi connectivity index (χ1) is 34.6. The van der Waals surface area contributed by atoms with Gasteiger partial charge in [-0.3, -0.25) is 15.1 Å². The molecule has 5 saturated carbocycles. The summed E-state index contributed by atoms with van der Waals surface area (Å²) < 4.78 is 25.7. The van der Waals surface area contributed by atoms with Crippen LogP contribution in [0.2, 0.25) is 0 Å². The van der Waals surface area contributed by atoms with Crippen LogP contribution in [0.4, 0.5) is 5.69 Å². The number of carbonyl (C=O) groups is 1. The summed E-state index contributed by atoms with van der Waals surface area (Å²) in [6, 6.07) is 13.3. The molecule has 2 aliphatic heterocycles. The number of hydrogen-bond donors (Lipinski definition) is 5. The quantitative estimate of drug-likeness (QED) is 0.0705. The van der Waals surface area contributed by atoms with Crippen LogP contribution in [-0.4, -0.2) is 68.2 Å². The summed E-state index contributed by atoms with van der Waals surface area (Å²) in [6.07, 6.45) is 26.8. The van der Waals surface area contributed by atoms with Crippen molar-refractivity contribution < 1.29 is 34.0 Å². The number of allylic oxidation sites excluding steroid dienone is 2. The maximum absolute atomic E-state index is 15.6. The van der Waals surface area contributed by atoms with Gasteiger partial charge in [-0.15, -0.1) is 0 Å². The number of ketones is 1. The van der Waals surface area contributed by atoms with E-state index in [9.17, 15) is 10.2 Å². The highest BCUT2D eigenvalue weighted by atomic mass is 16.6. The average Bonchev–Trinajstić information content (AvgIpc) is 4.08. The van der Waals surface area contributed by atoms with Crippen molar-refractivity contribution in [1.82, 2.24) is 10.6 Å². The van der Waals surface area contributed by atoms with E-state index in [-0.39, 0.29) is 40.6 Å². The second-order valence-corrected chi connectivity index (χ2v) is 22.7. The molecule has 5 N–H and O–H groups in total. The van der Waals surface area contributed by atoms with Gasteiger partial charge in [-0.1, -0.05) is 82.8 Å². The third-order valence-corrected chi connectivity index (χ3v) is 18.8. The SMILES string of the molecule is CCCCCCOC(O)CC1CC2(CNC)CC1CC#COc1c3cc(cc1O2)C12CCCC1CC1CCC(CC)CC1C2C=CC(=O)C1(Cc2ccc(O)c(OC)c2)CCCC1CC#CNC(=NC)N3. The van der Waals surface area contributed by atoms with Gasteiger partial charge in [-0.05, 0) is 166 Å². The van der Waals surface area contributed by atoms with Crippen LogP contribution in [0.25, 0.3) is 0 Å². The van der Waals surface area contributed by atoms with Crippen molar-refractivity contribution in [2.75, 3.05) is 39.7 Å². The molecule has 384 valence electrons. The highest BCUT2D eigenvalue weighted by molar-refractivity contribution is 5.97. The fourth-order valence-corrected chi connectivity index (χ4v) is 15.3. The van der Waals surface area contributed by atoms with E-state index in [1.54, 1.807) is 20.2 Å². The van der Waals surface area contributed by atoms with Gasteiger partial charge in [0, 0.05) is 56.3 Å². The van der Waals surface area contributed by atoms with E-state index in [1.807, 2.05) is 25.3 Å². The zero-order valence-corrected chi connectivity index (χ0v) is 43.4. The number of nitrogens with one attached hydrogen (secondary N) is 3. The van der Waals surface area contributed by atoms with Gasteiger partial charge in [0.25, 0.3) is 0 Å². The number of anilines is 1. The van der Waals surface area contributed by atoms with Gasteiger partial charge in [0.15, 0.2) is 29.3 Å². The smallest absolute Gasteiger partial charge is 0.207 e. The van der Waals surface area contributed by atoms with Crippen molar-refractivity contribution in [3.63, 3.8) is 0 Å². The molecular weight excluding hydrogens is 889 g/mol. The number of phenols is 1. The molecule has 71 heavy (non-hydrogen) atoms. The summed E-state index contributed by atoms with van der Waals surface area (Å²) in [5.74, 6) is 11.8. The normalized spacial score (nSPS) is 33.9. The third kappa shape index (κ3) is 10.6. The molecule has 12 atom stereocenters. The van der Waals surface area contributed by atoms with E-state index < -0.39 is 17.3 Å². The highest BCUT2D eigenvalue weighted by Crippen LogP contribution is 2.65. The lowest BCUT2D eigenvalue weighted by molar-refractivity contribution is -0.125. The van der Waals surface area contributed by atoms with Crippen molar-refractivity contribution in [1.29, 1.82) is 0 Å². The zero-order valence-electron chi connectivity index (χ0n) is 43.4. The zero-order chi connectivity index (χ0) is 49.6. The Labute approximate surface area is 424 Å². The number of phenolic OH excluding ortho intramolecular Hbond substituents is 1. The van der Waals surface area contributed by atoms with Gasteiger partial charge in [0.2, 0.25) is 11.7 Å². The van der Waals surface area contributed by atoms with E-state index in [0.29, 0.717) is 85.7 Å². The first-order valence-corrected chi connectivity index (χ1v) is 27.6. The predicted octanol–water partition coefficient (Wildman–Crippen LogP) is 10.8. The fourth-order valence-electron chi connectivity index (χ4n) is 15.3. The van der Waals surface area contributed by atoms with Crippen LogP contribution in [0.15, 0.2) is 47.5 Å². The average molecular weight is 971 g/mol. The van der Waals surface area contributed by atoms with Crippen LogP contribution < -0.4 is 30.2 Å². The molecule has 0 saturated heterocycles. The molecule has 4 bridgehead atoms. The minimum Gasteiger partial charge on any atom is -0.504 e. The number of aliphatic hydroxyl groups excluding tert-OH is 1. The molecule has 12 unspecified atom stereocenters. The van der Waals surface area contributed by atoms with Gasteiger partial charge in [0.05, 0.1) is 12.8 Å². The molecular formula is C60H82N4O7. The number of unbranched alkanes of at least 4 members (excludes halogenated alkanes) is 3. The Hall–Kier alpha value is -4.68. The number of rotatable bonds is 14. The number of aromatic hydroxyl groups is 1. The van der Waals surface area contributed by atoms with Gasteiger partial charge in [-0.25, -0.2) is 0 Å². The van der Waals surface area contributed by atoms with Crippen LogP contribution in [0, 0.1) is 76.7 Å². The molecule has 0 radical (unpaired) electrons. The first kappa shape index (κ1) is 51.2. The molecule has 2 aromatic carbocycles. The van der Waals surface area contributed by atoms with Crippen molar-refractivity contribution in [3.8, 4) is 47.0 Å². The van der Waals surface area contributed by atoms with Crippen molar-refractivity contribution in [2.45, 2.75) is 166 Å². The molecule has 2 aromatic rings. The summed E-state index contributed by atoms with van der Waals surface area (Å²) in [7, 11) is 5.32. The van der Waals surface area contributed by atoms with Crippen LogP contribution in [0.3, 0.4) is 0 Å². The number of ether oxygens (including phenoxy) is 4. The molecule has 0 amide bonds. The molecule has 11 nitrogen and oxygen atoms in total. The highest BCUT2D eigenvalue weighted by Gasteiger charge is 2.58. The number of hydrogen-bond acceptors (Lipinski definition) is 9. The van der Waals surface area contributed by atoms with Gasteiger partial charge < -0.3 is 39.8 Å². The minimum absolute atomic E-state index is 0.0405. The molecule has 9 rings (SSSR count). The second-order valence-electron chi connectivity index (χ2n) is 22.7. The monoisotopic (exact) mass is 971 g/mol. The van der Waals surface area contributed by atoms with Crippen molar-refractivity contribution >= 4 is 17.4 Å². The Morgan fingerprint density at radius 2 is 1.85 bits per heavy atom. The van der Waals surface area contributed by atoms with Crippen molar-refractivity contribution in [3.05, 3.63) is 53.6 Å². The summed E-state index contributed by atoms with van der Waals surface area (Å²) >= 11 is 0. The van der Waals surface area contributed by atoms with E-state index >= 15 is 4.79 Å². The fraction of sp³-hybridized carbons (Fsp3) is 0.667. The molecule has 0 aromatic heterocycles. The molecule has 5 aliphatic carbocycles. The lowest BCUT2D eigenvalue weighted by atomic mass is 9.48. The van der Waals surface area contributed by atoms with E-state index in [1.165, 1.54) is 44.1 Å². The largest absolute Gasteiger partial charge is 0.504 e. The predicted molar refractivity (Wildman–Crippen MR) is 280 cm³/mol. The molecule has 1 spiro atoms.